The first-order chi connectivity index (χ1) is 16.6. The van der Waals surface area contributed by atoms with Crippen molar-refractivity contribution in [3.63, 3.8) is 0 Å². The third-order valence-electron chi connectivity index (χ3n) is 5.20. The molecule has 5 rings (SSSR count). The Balaban J connectivity index is 1.37. The number of carbonyl (C=O) groups excluding carboxylic acids is 1. The second-order valence-corrected chi connectivity index (χ2v) is 9.05. The fourth-order valence-corrected chi connectivity index (χ4v) is 4.63. The van der Waals surface area contributed by atoms with Crippen molar-refractivity contribution >= 4 is 35.0 Å². The molecule has 0 bridgehead atoms. The zero-order valence-corrected chi connectivity index (χ0v) is 19.8. The predicted octanol–water partition coefficient (Wildman–Crippen LogP) is 5.47. The van der Waals surface area contributed by atoms with Gasteiger partial charge in [-0.1, -0.05) is 59.8 Å². The summed E-state index contributed by atoms with van der Waals surface area (Å²) >= 11 is 7.53. The molecule has 34 heavy (non-hydrogen) atoms. The minimum atomic E-state index is -0.447. The third-order valence-corrected chi connectivity index (χ3v) is 6.44. The molecule has 9 heteroatoms. The molecular formula is C25H21ClN4O3S. The highest BCUT2D eigenvalue weighted by atomic mass is 35.5. The molecule has 1 aliphatic heterocycles. The van der Waals surface area contributed by atoms with Gasteiger partial charge in [0.05, 0.1) is 16.5 Å². The van der Waals surface area contributed by atoms with Gasteiger partial charge >= 0.3 is 0 Å². The van der Waals surface area contributed by atoms with Gasteiger partial charge in [-0.2, -0.15) is 0 Å². The van der Waals surface area contributed by atoms with Gasteiger partial charge in [0.25, 0.3) is 0 Å². The van der Waals surface area contributed by atoms with E-state index in [0.717, 1.165) is 11.3 Å². The van der Waals surface area contributed by atoms with Crippen molar-refractivity contribution in [2.24, 2.45) is 0 Å². The van der Waals surface area contributed by atoms with Gasteiger partial charge in [0.1, 0.15) is 6.61 Å². The van der Waals surface area contributed by atoms with E-state index in [1.165, 1.54) is 11.8 Å². The number of hydrogen-bond acceptors (Lipinski definition) is 6. The van der Waals surface area contributed by atoms with Crippen LogP contribution in [0.2, 0.25) is 5.02 Å². The number of carbonyl (C=O) groups is 1. The molecule has 1 unspecified atom stereocenters. The van der Waals surface area contributed by atoms with Crippen molar-refractivity contribution in [1.29, 1.82) is 0 Å². The highest BCUT2D eigenvalue weighted by Gasteiger charge is 2.29. The molecule has 0 fully saturated rings. The maximum atomic E-state index is 12.6. The van der Waals surface area contributed by atoms with Crippen LogP contribution in [0.25, 0.3) is 5.69 Å². The van der Waals surface area contributed by atoms with E-state index in [1.807, 2.05) is 78.2 Å². The summed E-state index contributed by atoms with van der Waals surface area (Å²) < 4.78 is 14.0. The minimum absolute atomic E-state index is 0.139. The van der Waals surface area contributed by atoms with Crippen LogP contribution in [0, 0.1) is 6.92 Å². The second-order valence-electron chi connectivity index (χ2n) is 7.70. The number of halogens is 1. The molecule has 1 N–H and O–H groups in total. The number of amides is 1. The number of fused-ring (bicyclic) bond motifs is 1. The SMILES string of the molecule is Cc1ccc(NC(=O)CSc2nnc(C3COc4ccccc4O3)n2-c2ccccc2)c(Cl)c1. The summed E-state index contributed by atoms with van der Waals surface area (Å²) in [6, 6.07) is 22.8. The lowest BCUT2D eigenvalue weighted by Crippen LogP contribution is -2.24. The molecular weight excluding hydrogens is 472 g/mol. The predicted molar refractivity (Wildman–Crippen MR) is 132 cm³/mol. The third kappa shape index (κ3) is 4.73. The Hall–Kier alpha value is -3.49. The van der Waals surface area contributed by atoms with Crippen LogP contribution in [0.3, 0.4) is 0 Å². The van der Waals surface area contributed by atoms with Gasteiger partial charge in [-0.25, -0.2) is 0 Å². The normalized spacial score (nSPS) is 14.6. The average Bonchev–Trinajstić information content (AvgIpc) is 3.29. The summed E-state index contributed by atoms with van der Waals surface area (Å²) in [6.07, 6.45) is -0.447. The van der Waals surface area contributed by atoms with E-state index in [4.69, 9.17) is 21.1 Å². The lowest BCUT2D eigenvalue weighted by molar-refractivity contribution is -0.113. The van der Waals surface area contributed by atoms with Gasteiger partial charge in [0, 0.05) is 5.69 Å². The molecule has 1 atom stereocenters. The van der Waals surface area contributed by atoms with Crippen LogP contribution in [0.4, 0.5) is 5.69 Å². The molecule has 3 aromatic carbocycles. The molecule has 2 heterocycles. The Bertz CT molecular complexity index is 1330. The van der Waals surface area contributed by atoms with E-state index in [0.29, 0.717) is 39.8 Å². The Morgan fingerprint density at radius 2 is 1.85 bits per heavy atom. The van der Waals surface area contributed by atoms with E-state index in [1.54, 1.807) is 6.07 Å². The molecule has 1 aromatic heterocycles. The topological polar surface area (TPSA) is 78.3 Å². The zero-order chi connectivity index (χ0) is 23.5. The molecule has 1 amide bonds. The lowest BCUT2D eigenvalue weighted by atomic mass is 10.2. The van der Waals surface area contributed by atoms with Gasteiger partial charge < -0.3 is 14.8 Å². The standard InChI is InChI=1S/C25H21ClN4O3S/c1-16-11-12-19(18(26)13-16)27-23(31)15-34-25-29-28-24(30(25)17-7-3-2-4-8-17)22-14-32-20-9-5-6-10-21(20)33-22/h2-13,22H,14-15H2,1H3,(H,27,31). The number of rotatable bonds is 6. The summed E-state index contributed by atoms with van der Waals surface area (Å²) in [6.45, 7) is 2.25. The quantitative estimate of drug-likeness (QED) is 0.359. The van der Waals surface area contributed by atoms with E-state index in [2.05, 4.69) is 15.5 Å². The first-order valence-electron chi connectivity index (χ1n) is 10.7. The van der Waals surface area contributed by atoms with Crippen molar-refractivity contribution in [1.82, 2.24) is 14.8 Å². The number of aromatic nitrogens is 3. The number of para-hydroxylation sites is 3. The van der Waals surface area contributed by atoms with E-state index in [-0.39, 0.29) is 11.7 Å². The smallest absolute Gasteiger partial charge is 0.234 e. The number of nitrogens with zero attached hydrogens (tertiary/aromatic N) is 3. The molecule has 4 aromatic rings. The van der Waals surface area contributed by atoms with E-state index < -0.39 is 6.10 Å². The highest BCUT2D eigenvalue weighted by Crippen LogP contribution is 2.37. The van der Waals surface area contributed by atoms with Crippen LogP contribution in [-0.2, 0) is 4.79 Å². The van der Waals surface area contributed by atoms with Gasteiger partial charge in [0.2, 0.25) is 5.91 Å². The molecule has 1 aliphatic rings. The van der Waals surface area contributed by atoms with Crippen LogP contribution in [-0.4, -0.2) is 33.0 Å². The van der Waals surface area contributed by atoms with Gasteiger partial charge in [0.15, 0.2) is 28.6 Å². The first-order valence-corrected chi connectivity index (χ1v) is 12.0. The monoisotopic (exact) mass is 492 g/mol. The van der Waals surface area contributed by atoms with Crippen LogP contribution in [0.15, 0.2) is 78.0 Å². The van der Waals surface area contributed by atoms with Crippen molar-refractivity contribution < 1.29 is 14.3 Å². The van der Waals surface area contributed by atoms with Crippen molar-refractivity contribution in [3.05, 3.63) is 89.2 Å². The first kappa shape index (κ1) is 22.3. The molecule has 0 saturated heterocycles. The summed E-state index contributed by atoms with van der Waals surface area (Å²) in [5.41, 5.74) is 2.47. The number of benzene rings is 3. The highest BCUT2D eigenvalue weighted by molar-refractivity contribution is 7.99. The van der Waals surface area contributed by atoms with Gasteiger partial charge in [-0.05, 0) is 48.9 Å². The Morgan fingerprint density at radius 3 is 2.65 bits per heavy atom. The van der Waals surface area contributed by atoms with Crippen LogP contribution in [0.1, 0.15) is 17.5 Å². The molecule has 0 saturated carbocycles. The molecule has 7 nitrogen and oxygen atoms in total. The average molecular weight is 493 g/mol. The summed E-state index contributed by atoms with van der Waals surface area (Å²) in [7, 11) is 0. The van der Waals surface area contributed by atoms with Gasteiger partial charge in [-0.3, -0.25) is 9.36 Å². The van der Waals surface area contributed by atoms with Crippen molar-refractivity contribution in [2.45, 2.75) is 18.2 Å². The molecule has 0 aliphatic carbocycles. The number of ether oxygens (including phenoxy) is 2. The van der Waals surface area contributed by atoms with Crippen LogP contribution in [0.5, 0.6) is 11.5 Å². The summed E-state index contributed by atoms with van der Waals surface area (Å²) in [4.78, 5) is 12.6. The zero-order valence-electron chi connectivity index (χ0n) is 18.3. The maximum Gasteiger partial charge on any atom is 0.234 e. The minimum Gasteiger partial charge on any atom is -0.485 e. The van der Waals surface area contributed by atoms with Crippen molar-refractivity contribution in [3.8, 4) is 17.2 Å². The second kappa shape index (κ2) is 9.79. The molecule has 0 radical (unpaired) electrons. The van der Waals surface area contributed by atoms with Gasteiger partial charge in [-0.15, -0.1) is 10.2 Å². The fourth-order valence-electron chi connectivity index (χ4n) is 3.59. The fraction of sp³-hybridized carbons (Fsp3) is 0.160. The van der Waals surface area contributed by atoms with Crippen molar-refractivity contribution in [2.75, 3.05) is 17.7 Å². The number of aryl methyl sites for hydroxylation is 1. The van der Waals surface area contributed by atoms with E-state index >= 15 is 0 Å². The largest absolute Gasteiger partial charge is 0.485 e. The van der Waals surface area contributed by atoms with Crippen LogP contribution < -0.4 is 14.8 Å². The Kier molecular flexibility index (Phi) is 6.42. The molecule has 0 spiro atoms. The Morgan fingerprint density at radius 1 is 1.09 bits per heavy atom. The number of thioether (sulfide) groups is 1. The number of anilines is 1. The Labute approximate surface area is 206 Å². The number of nitrogens with one attached hydrogen (secondary N) is 1. The summed E-state index contributed by atoms with van der Waals surface area (Å²) in [5.74, 6) is 1.91. The van der Waals surface area contributed by atoms with Crippen LogP contribution >= 0.6 is 23.4 Å². The van der Waals surface area contributed by atoms with E-state index in [9.17, 15) is 4.79 Å². The number of hydrogen-bond donors (Lipinski definition) is 1. The molecule has 172 valence electrons. The summed E-state index contributed by atoms with van der Waals surface area (Å²) in [5, 5.41) is 12.7. The lowest BCUT2D eigenvalue weighted by Gasteiger charge is -2.26. The maximum absolute atomic E-state index is 12.6.